The minimum atomic E-state index is -0.246. The standard InChI is InChI=1S/C20H25N5O2/c1-20(2,3)16-7-17(23-12-22-16)24-8-14-10-25(11-15(14)9-24)19(27)13-4-5-21-18(26)6-13/h4-7,12,14-15H,8-11H2,1-3H3,(H,21,26). The van der Waals surface area contributed by atoms with E-state index in [9.17, 15) is 9.59 Å². The molecule has 0 saturated carbocycles. The van der Waals surface area contributed by atoms with Crippen LogP contribution in [0.1, 0.15) is 36.8 Å². The Kier molecular flexibility index (Phi) is 4.25. The van der Waals surface area contributed by atoms with Crippen molar-refractivity contribution in [2.75, 3.05) is 31.1 Å². The summed E-state index contributed by atoms with van der Waals surface area (Å²) in [6.45, 7) is 9.69. The summed E-state index contributed by atoms with van der Waals surface area (Å²) in [6.07, 6.45) is 3.17. The number of anilines is 1. The van der Waals surface area contributed by atoms with E-state index in [-0.39, 0.29) is 16.9 Å². The largest absolute Gasteiger partial charge is 0.356 e. The van der Waals surface area contributed by atoms with Gasteiger partial charge in [0.15, 0.2) is 0 Å². The Morgan fingerprint density at radius 1 is 1.11 bits per heavy atom. The van der Waals surface area contributed by atoms with Gasteiger partial charge in [-0.2, -0.15) is 0 Å². The zero-order valence-electron chi connectivity index (χ0n) is 16.0. The second kappa shape index (κ2) is 6.48. The average molecular weight is 367 g/mol. The molecular formula is C20H25N5O2. The van der Waals surface area contributed by atoms with Gasteiger partial charge in [0.2, 0.25) is 5.56 Å². The first-order valence-corrected chi connectivity index (χ1v) is 9.37. The molecule has 2 saturated heterocycles. The second-order valence-electron chi connectivity index (χ2n) is 8.59. The van der Waals surface area contributed by atoms with Gasteiger partial charge in [-0.1, -0.05) is 20.8 Å². The number of fused-ring (bicyclic) bond motifs is 1. The van der Waals surface area contributed by atoms with Crippen molar-refractivity contribution in [3.8, 4) is 0 Å². The van der Waals surface area contributed by atoms with Crippen molar-refractivity contribution in [2.24, 2.45) is 11.8 Å². The molecule has 7 nitrogen and oxygen atoms in total. The number of aromatic nitrogens is 3. The maximum absolute atomic E-state index is 12.7. The van der Waals surface area contributed by atoms with Crippen LogP contribution >= 0.6 is 0 Å². The van der Waals surface area contributed by atoms with Gasteiger partial charge in [0.1, 0.15) is 12.1 Å². The molecule has 1 N–H and O–H groups in total. The third-order valence-corrected chi connectivity index (χ3v) is 5.54. The normalized spacial score (nSPS) is 22.2. The first kappa shape index (κ1) is 17.7. The van der Waals surface area contributed by atoms with E-state index < -0.39 is 0 Å². The average Bonchev–Trinajstić information content (AvgIpc) is 3.19. The molecule has 0 radical (unpaired) electrons. The highest BCUT2D eigenvalue weighted by Crippen LogP contribution is 2.34. The van der Waals surface area contributed by atoms with Crippen molar-refractivity contribution < 1.29 is 4.79 Å². The van der Waals surface area contributed by atoms with Gasteiger partial charge < -0.3 is 14.8 Å². The highest BCUT2D eigenvalue weighted by atomic mass is 16.2. The highest BCUT2D eigenvalue weighted by Gasteiger charge is 2.42. The molecule has 2 atom stereocenters. The fraction of sp³-hybridized carbons (Fsp3) is 0.500. The number of carbonyl (C=O) groups is 1. The predicted molar refractivity (Wildman–Crippen MR) is 103 cm³/mol. The van der Waals surface area contributed by atoms with Crippen LogP contribution in [0.3, 0.4) is 0 Å². The van der Waals surface area contributed by atoms with Crippen LogP contribution in [0.4, 0.5) is 5.82 Å². The zero-order valence-corrected chi connectivity index (χ0v) is 16.0. The summed E-state index contributed by atoms with van der Waals surface area (Å²) >= 11 is 0. The van der Waals surface area contributed by atoms with Gasteiger partial charge in [-0.25, -0.2) is 9.97 Å². The lowest BCUT2D eigenvalue weighted by molar-refractivity contribution is 0.0782. The molecule has 0 bridgehead atoms. The molecule has 27 heavy (non-hydrogen) atoms. The van der Waals surface area contributed by atoms with E-state index in [4.69, 9.17) is 0 Å². The van der Waals surface area contributed by atoms with Crippen molar-refractivity contribution in [3.05, 3.63) is 52.3 Å². The van der Waals surface area contributed by atoms with Gasteiger partial charge in [-0.15, -0.1) is 0 Å². The van der Waals surface area contributed by atoms with Crippen molar-refractivity contribution in [1.29, 1.82) is 0 Å². The first-order chi connectivity index (χ1) is 12.8. The highest BCUT2D eigenvalue weighted by molar-refractivity contribution is 5.94. The van der Waals surface area contributed by atoms with E-state index >= 15 is 0 Å². The Morgan fingerprint density at radius 2 is 1.81 bits per heavy atom. The van der Waals surface area contributed by atoms with Gasteiger partial charge >= 0.3 is 0 Å². The van der Waals surface area contributed by atoms with Crippen LogP contribution in [-0.4, -0.2) is 51.9 Å². The molecule has 4 rings (SSSR count). The number of H-pyrrole nitrogens is 1. The molecular weight excluding hydrogens is 342 g/mol. The number of hydrogen-bond acceptors (Lipinski definition) is 5. The number of pyridine rings is 1. The molecule has 4 heterocycles. The Labute approximate surface area is 158 Å². The number of likely N-dealkylation sites (tertiary alicyclic amines) is 1. The quantitative estimate of drug-likeness (QED) is 0.873. The van der Waals surface area contributed by atoms with Gasteiger partial charge in [0.25, 0.3) is 5.91 Å². The minimum Gasteiger partial charge on any atom is -0.356 e. The first-order valence-electron chi connectivity index (χ1n) is 9.37. The number of aromatic amines is 1. The SMILES string of the molecule is CC(C)(C)c1cc(N2CC3CN(C(=O)c4cc[nH]c(=O)c4)CC3C2)ncn1. The molecule has 0 aliphatic carbocycles. The lowest BCUT2D eigenvalue weighted by Gasteiger charge is -2.24. The summed E-state index contributed by atoms with van der Waals surface area (Å²) in [5, 5.41) is 0. The molecule has 0 aromatic carbocycles. The molecule has 2 aliphatic heterocycles. The van der Waals surface area contributed by atoms with E-state index in [1.54, 1.807) is 12.4 Å². The van der Waals surface area contributed by atoms with Crippen LogP contribution in [0.25, 0.3) is 0 Å². The summed E-state index contributed by atoms with van der Waals surface area (Å²) in [5.74, 6) is 1.78. The number of carbonyl (C=O) groups excluding carboxylic acids is 1. The molecule has 2 aromatic heterocycles. The van der Waals surface area contributed by atoms with Gasteiger partial charge in [0, 0.05) is 67.3 Å². The summed E-state index contributed by atoms with van der Waals surface area (Å²) in [5.41, 5.74) is 1.24. The van der Waals surface area contributed by atoms with E-state index in [0.29, 0.717) is 17.4 Å². The smallest absolute Gasteiger partial charge is 0.254 e. The third-order valence-electron chi connectivity index (χ3n) is 5.54. The van der Waals surface area contributed by atoms with Crippen LogP contribution in [0, 0.1) is 11.8 Å². The Bertz CT molecular complexity index is 903. The van der Waals surface area contributed by atoms with Crippen LogP contribution in [0.2, 0.25) is 0 Å². The Hall–Kier alpha value is -2.70. The Morgan fingerprint density at radius 3 is 2.44 bits per heavy atom. The fourth-order valence-electron chi connectivity index (χ4n) is 4.04. The van der Waals surface area contributed by atoms with Crippen molar-refractivity contribution in [3.63, 3.8) is 0 Å². The molecule has 142 valence electrons. The zero-order chi connectivity index (χ0) is 19.2. The van der Waals surface area contributed by atoms with Crippen molar-refractivity contribution in [2.45, 2.75) is 26.2 Å². The lowest BCUT2D eigenvalue weighted by atomic mass is 9.92. The summed E-state index contributed by atoms with van der Waals surface area (Å²) in [4.78, 5) is 39.8. The van der Waals surface area contributed by atoms with Crippen molar-refractivity contribution >= 4 is 11.7 Å². The van der Waals surface area contributed by atoms with Gasteiger partial charge in [-0.05, 0) is 6.07 Å². The number of hydrogen-bond donors (Lipinski definition) is 1. The number of nitrogens with one attached hydrogen (secondary N) is 1. The van der Waals surface area contributed by atoms with E-state index in [2.05, 4.69) is 46.7 Å². The van der Waals surface area contributed by atoms with Crippen molar-refractivity contribution in [1.82, 2.24) is 19.9 Å². The lowest BCUT2D eigenvalue weighted by Crippen LogP contribution is -2.34. The maximum Gasteiger partial charge on any atom is 0.254 e. The summed E-state index contributed by atoms with van der Waals surface area (Å²) < 4.78 is 0. The Balaban J connectivity index is 1.44. The molecule has 2 unspecified atom stereocenters. The van der Waals surface area contributed by atoms with E-state index in [0.717, 1.165) is 37.7 Å². The monoisotopic (exact) mass is 367 g/mol. The number of rotatable bonds is 2. The molecule has 2 aromatic rings. The molecule has 0 spiro atoms. The molecule has 2 aliphatic rings. The van der Waals surface area contributed by atoms with Crippen LogP contribution in [-0.2, 0) is 5.41 Å². The fourth-order valence-corrected chi connectivity index (χ4v) is 4.04. The number of nitrogens with zero attached hydrogens (tertiary/aromatic N) is 4. The second-order valence-corrected chi connectivity index (χ2v) is 8.59. The summed E-state index contributed by atoms with van der Waals surface area (Å²) in [6, 6.07) is 5.12. The van der Waals surface area contributed by atoms with E-state index in [1.165, 1.54) is 12.3 Å². The van der Waals surface area contributed by atoms with E-state index in [1.807, 2.05) is 4.90 Å². The summed E-state index contributed by atoms with van der Waals surface area (Å²) in [7, 11) is 0. The maximum atomic E-state index is 12.7. The predicted octanol–water partition coefficient (Wildman–Crippen LogP) is 1.67. The van der Waals surface area contributed by atoms with Gasteiger partial charge in [-0.3, -0.25) is 9.59 Å². The topological polar surface area (TPSA) is 82.2 Å². The molecule has 1 amide bonds. The van der Waals surface area contributed by atoms with Crippen LogP contribution in [0.5, 0.6) is 0 Å². The van der Waals surface area contributed by atoms with Gasteiger partial charge in [0.05, 0.1) is 5.69 Å². The van der Waals surface area contributed by atoms with Crippen LogP contribution in [0.15, 0.2) is 35.5 Å². The third kappa shape index (κ3) is 3.46. The minimum absolute atomic E-state index is 0.00989. The molecule has 7 heteroatoms. The van der Waals surface area contributed by atoms with Crippen LogP contribution < -0.4 is 10.5 Å². The molecule has 2 fully saturated rings. The number of amides is 1.